The second kappa shape index (κ2) is 8.47. The number of aromatic nitrogens is 4. The van der Waals surface area contributed by atoms with Crippen molar-refractivity contribution < 1.29 is 14.3 Å². The second-order valence-electron chi connectivity index (χ2n) is 6.91. The molecule has 3 aromatic heterocycles. The number of hydrogen-bond donors (Lipinski definition) is 1. The Morgan fingerprint density at radius 2 is 2.13 bits per heavy atom. The van der Waals surface area contributed by atoms with Gasteiger partial charge in [0.1, 0.15) is 17.7 Å². The van der Waals surface area contributed by atoms with E-state index in [0.29, 0.717) is 36.7 Å². The average molecular weight is 429 g/mol. The quantitative estimate of drug-likeness (QED) is 0.595. The molecule has 3 aromatic rings. The number of nitrogens with two attached hydrogens (primary N) is 1. The third kappa shape index (κ3) is 3.79. The first kappa shape index (κ1) is 20.4. The fourth-order valence-corrected chi connectivity index (χ4v) is 3.66. The summed E-state index contributed by atoms with van der Waals surface area (Å²) >= 11 is 5.82. The average Bonchev–Trinajstić information content (AvgIpc) is 3.26. The van der Waals surface area contributed by atoms with Gasteiger partial charge in [-0.1, -0.05) is 18.5 Å². The topological polar surface area (TPSA) is 116 Å². The lowest BCUT2D eigenvalue weighted by atomic mass is 10.1. The van der Waals surface area contributed by atoms with E-state index in [2.05, 4.69) is 20.2 Å². The van der Waals surface area contributed by atoms with Crippen molar-refractivity contribution in [3.05, 3.63) is 52.1 Å². The minimum Gasteiger partial charge on any atom is -0.383 e. The molecule has 0 saturated heterocycles. The van der Waals surface area contributed by atoms with Gasteiger partial charge in [0.05, 0.1) is 37.2 Å². The normalized spacial score (nSPS) is 14.0. The number of anilines is 1. The molecule has 0 spiro atoms. The van der Waals surface area contributed by atoms with Crippen LogP contribution in [0.1, 0.15) is 40.7 Å². The Hall–Kier alpha value is -2.88. The van der Waals surface area contributed by atoms with Gasteiger partial charge in [-0.15, -0.1) is 5.10 Å². The number of pyridine rings is 2. The van der Waals surface area contributed by atoms with Gasteiger partial charge in [-0.25, -0.2) is 9.97 Å². The van der Waals surface area contributed by atoms with E-state index in [1.54, 1.807) is 36.4 Å². The Balaban J connectivity index is 1.72. The number of fused-ring (bicyclic) bond motifs is 3. The van der Waals surface area contributed by atoms with E-state index in [1.165, 1.54) is 0 Å². The number of methoxy groups -OCH3 is 1. The molecular weight excluding hydrogens is 408 g/mol. The largest absolute Gasteiger partial charge is 0.383 e. The third-order valence-electron chi connectivity index (χ3n) is 5.08. The number of carbonyl (C=O) groups excluding carboxylic acids is 1. The highest BCUT2D eigenvalue weighted by molar-refractivity contribution is 6.29. The van der Waals surface area contributed by atoms with Gasteiger partial charge in [-0.2, -0.15) is 5.10 Å². The van der Waals surface area contributed by atoms with Crippen LogP contribution >= 0.6 is 11.6 Å². The van der Waals surface area contributed by atoms with E-state index in [-0.39, 0.29) is 23.3 Å². The SMILES string of the molecule is CCC(OC)N(Cc1ccc(Cl)nn1)C(=O)c1cc2c3c(c(N)nc2cn1)COC3. The summed E-state index contributed by atoms with van der Waals surface area (Å²) in [6.45, 7) is 2.98. The first-order chi connectivity index (χ1) is 14.5. The summed E-state index contributed by atoms with van der Waals surface area (Å²) in [5, 5.41) is 9.01. The summed E-state index contributed by atoms with van der Waals surface area (Å²) in [6.07, 6.45) is 1.70. The van der Waals surface area contributed by atoms with Gasteiger partial charge >= 0.3 is 0 Å². The van der Waals surface area contributed by atoms with Crippen LogP contribution in [0.25, 0.3) is 10.9 Å². The molecule has 156 valence electrons. The molecule has 1 unspecified atom stereocenters. The monoisotopic (exact) mass is 428 g/mol. The van der Waals surface area contributed by atoms with E-state index in [4.69, 9.17) is 26.8 Å². The number of amides is 1. The molecule has 1 atom stereocenters. The molecule has 1 amide bonds. The molecule has 1 aliphatic heterocycles. The van der Waals surface area contributed by atoms with Crippen LogP contribution in [0.15, 0.2) is 24.4 Å². The van der Waals surface area contributed by atoms with Gasteiger partial charge in [0, 0.05) is 18.1 Å². The fourth-order valence-electron chi connectivity index (χ4n) is 3.56. The standard InChI is InChI=1S/C20H21ClN6O3/c1-3-18(29-2)27(8-11-4-5-17(21)26-25-11)20(28)15-6-12-13-9-30-10-14(13)19(22)24-16(12)7-23-15/h4-7,18H,3,8-10H2,1-2H3,(H2,22,24). The Bertz CT molecular complexity index is 1090. The summed E-state index contributed by atoms with van der Waals surface area (Å²) in [4.78, 5) is 23.7. The smallest absolute Gasteiger partial charge is 0.274 e. The molecule has 0 fully saturated rings. The van der Waals surface area contributed by atoms with Crippen LogP contribution in [0, 0.1) is 0 Å². The lowest BCUT2D eigenvalue weighted by Gasteiger charge is -2.29. The van der Waals surface area contributed by atoms with E-state index < -0.39 is 6.23 Å². The van der Waals surface area contributed by atoms with Gasteiger partial charge < -0.3 is 20.1 Å². The number of nitrogen functional groups attached to an aromatic ring is 1. The molecule has 4 rings (SSSR count). The highest BCUT2D eigenvalue weighted by atomic mass is 35.5. The summed E-state index contributed by atoms with van der Waals surface area (Å²) in [5.41, 5.74) is 9.33. The lowest BCUT2D eigenvalue weighted by molar-refractivity contribution is -0.0270. The van der Waals surface area contributed by atoms with Crippen LogP contribution in [0.2, 0.25) is 5.15 Å². The first-order valence-corrected chi connectivity index (χ1v) is 9.86. The Morgan fingerprint density at radius 3 is 2.83 bits per heavy atom. The number of rotatable bonds is 6. The zero-order valence-corrected chi connectivity index (χ0v) is 17.4. The van der Waals surface area contributed by atoms with Crippen molar-refractivity contribution in [2.45, 2.75) is 39.3 Å². The summed E-state index contributed by atoms with van der Waals surface area (Å²) in [5.74, 6) is 0.149. The van der Waals surface area contributed by atoms with Crippen LogP contribution in [0.5, 0.6) is 0 Å². The van der Waals surface area contributed by atoms with Crippen molar-refractivity contribution in [3.63, 3.8) is 0 Å². The zero-order valence-electron chi connectivity index (χ0n) is 16.6. The first-order valence-electron chi connectivity index (χ1n) is 9.48. The molecular formula is C20H21ClN6O3. The highest BCUT2D eigenvalue weighted by Crippen LogP contribution is 2.31. The molecule has 0 aromatic carbocycles. The second-order valence-corrected chi connectivity index (χ2v) is 7.30. The Labute approximate surface area is 178 Å². The van der Waals surface area contributed by atoms with E-state index >= 15 is 0 Å². The third-order valence-corrected chi connectivity index (χ3v) is 5.29. The molecule has 0 radical (unpaired) electrons. The number of carbonyl (C=O) groups is 1. The number of nitrogens with zero attached hydrogens (tertiary/aromatic N) is 5. The predicted octanol–water partition coefficient (Wildman–Crippen LogP) is 2.71. The maximum atomic E-state index is 13.4. The molecule has 4 heterocycles. The van der Waals surface area contributed by atoms with Crippen molar-refractivity contribution in [2.24, 2.45) is 0 Å². The predicted molar refractivity (Wildman–Crippen MR) is 110 cm³/mol. The van der Waals surface area contributed by atoms with Crippen molar-refractivity contribution in [1.82, 2.24) is 25.1 Å². The zero-order chi connectivity index (χ0) is 21.3. The van der Waals surface area contributed by atoms with Crippen LogP contribution in [-0.4, -0.2) is 44.3 Å². The van der Waals surface area contributed by atoms with Gasteiger partial charge in [0.2, 0.25) is 0 Å². The number of halogens is 1. The Kier molecular flexibility index (Phi) is 5.76. The van der Waals surface area contributed by atoms with Crippen molar-refractivity contribution in [3.8, 4) is 0 Å². The van der Waals surface area contributed by atoms with Crippen LogP contribution in [0.4, 0.5) is 5.82 Å². The summed E-state index contributed by atoms with van der Waals surface area (Å²) in [6, 6.07) is 5.09. The van der Waals surface area contributed by atoms with Crippen LogP contribution in [-0.2, 0) is 29.2 Å². The summed E-state index contributed by atoms with van der Waals surface area (Å²) < 4.78 is 11.1. The van der Waals surface area contributed by atoms with E-state index in [0.717, 1.165) is 16.5 Å². The van der Waals surface area contributed by atoms with Gasteiger partial charge in [0.15, 0.2) is 5.15 Å². The molecule has 2 N–H and O–H groups in total. The molecule has 0 aliphatic carbocycles. The van der Waals surface area contributed by atoms with Crippen molar-refractivity contribution in [2.75, 3.05) is 12.8 Å². The van der Waals surface area contributed by atoms with Crippen LogP contribution < -0.4 is 5.73 Å². The molecule has 0 saturated carbocycles. The molecule has 1 aliphatic rings. The number of ether oxygens (including phenoxy) is 2. The van der Waals surface area contributed by atoms with E-state index in [1.807, 2.05) is 6.92 Å². The molecule has 30 heavy (non-hydrogen) atoms. The van der Waals surface area contributed by atoms with Gasteiger partial charge in [-0.05, 0) is 30.2 Å². The lowest BCUT2D eigenvalue weighted by Crippen LogP contribution is -2.41. The molecule has 10 heteroatoms. The number of hydrogen-bond acceptors (Lipinski definition) is 8. The minimum absolute atomic E-state index is 0.205. The Morgan fingerprint density at radius 1 is 1.33 bits per heavy atom. The van der Waals surface area contributed by atoms with Crippen LogP contribution in [0.3, 0.4) is 0 Å². The summed E-state index contributed by atoms with van der Waals surface area (Å²) in [7, 11) is 1.56. The fraction of sp³-hybridized carbons (Fsp3) is 0.350. The van der Waals surface area contributed by atoms with Crippen molar-refractivity contribution in [1.29, 1.82) is 0 Å². The maximum absolute atomic E-state index is 13.4. The van der Waals surface area contributed by atoms with Gasteiger partial charge in [0.25, 0.3) is 5.91 Å². The van der Waals surface area contributed by atoms with Gasteiger partial charge in [-0.3, -0.25) is 4.79 Å². The highest BCUT2D eigenvalue weighted by Gasteiger charge is 2.27. The maximum Gasteiger partial charge on any atom is 0.274 e. The minimum atomic E-state index is -0.453. The molecule has 0 bridgehead atoms. The molecule has 9 nitrogen and oxygen atoms in total. The van der Waals surface area contributed by atoms with Crippen molar-refractivity contribution >= 4 is 34.2 Å². The van der Waals surface area contributed by atoms with E-state index in [9.17, 15) is 4.79 Å².